The molecule has 0 radical (unpaired) electrons. The van der Waals surface area contributed by atoms with Crippen molar-refractivity contribution in [1.82, 2.24) is 15.2 Å². The smallest absolute Gasteiger partial charge is 0.265 e. The number of methoxy groups -OCH3 is 1. The molecule has 4 rings (SSSR count). The average Bonchev–Trinajstić information content (AvgIpc) is 3.46. The second kappa shape index (κ2) is 9.30. The quantitative estimate of drug-likeness (QED) is 0.456. The van der Waals surface area contributed by atoms with Crippen LogP contribution >= 0.6 is 0 Å². The standard InChI is InChI=1S/C22H24N4O6S/c1-32-17-8-6-16(7-9-17)26-20(27)14-19(22(26)29)23-24-21(28)15-4-10-18(11-5-15)33(30,31)25-12-2-3-13-25/h4-11,19,23H,2-3,12-14H2,1H3,(H,24,28)/t19-/m0/s1. The van der Waals surface area contributed by atoms with Crippen molar-refractivity contribution >= 4 is 33.4 Å². The molecule has 2 aliphatic heterocycles. The van der Waals surface area contributed by atoms with Crippen LogP contribution in [0.3, 0.4) is 0 Å². The van der Waals surface area contributed by atoms with Crippen LogP contribution in [0.25, 0.3) is 0 Å². The highest BCUT2D eigenvalue weighted by atomic mass is 32.2. The van der Waals surface area contributed by atoms with E-state index < -0.39 is 33.8 Å². The van der Waals surface area contributed by atoms with Gasteiger partial charge in [0, 0.05) is 18.7 Å². The zero-order chi connectivity index (χ0) is 23.6. The van der Waals surface area contributed by atoms with E-state index in [0.29, 0.717) is 24.5 Å². The molecule has 0 aromatic heterocycles. The summed E-state index contributed by atoms with van der Waals surface area (Å²) in [7, 11) is -2.05. The number of amides is 3. The van der Waals surface area contributed by atoms with Crippen LogP contribution in [-0.2, 0) is 19.6 Å². The van der Waals surface area contributed by atoms with Crippen molar-refractivity contribution in [3.63, 3.8) is 0 Å². The summed E-state index contributed by atoms with van der Waals surface area (Å²) in [6.45, 7) is 0.992. The molecular weight excluding hydrogens is 448 g/mol. The van der Waals surface area contributed by atoms with Crippen LogP contribution in [0.5, 0.6) is 5.75 Å². The zero-order valence-electron chi connectivity index (χ0n) is 18.0. The predicted octanol–water partition coefficient (Wildman–Crippen LogP) is 1.05. The van der Waals surface area contributed by atoms with Crippen LogP contribution in [0.15, 0.2) is 53.4 Å². The number of carbonyl (C=O) groups excluding carboxylic acids is 3. The summed E-state index contributed by atoms with van der Waals surface area (Å²) in [6.07, 6.45) is 1.56. The first kappa shape index (κ1) is 22.9. The Bertz CT molecular complexity index is 1160. The van der Waals surface area contributed by atoms with E-state index in [-0.39, 0.29) is 16.9 Å². The van der Waals surface area contributed by atoms with Gasteiger partial charge >= 0.3 is 0 Å². The van der Waals surface area contributed by atoms with E-state index in [1.165, 1.54) is 35.7 Å². The molecule has 1 atom stereocenters. The molecule has 2 aromatic carbocycles. The van der Waals surface area contributed by atoms with Crippen LogP contribution in [-0.4, -0.2) is 56.7 Å². The predicted molar refractivity (Wildman–Crippen MR) is 119 cm³/mol. The van der Waals surface area contributed by atoms with Gasteiger partial charge in [0.05, 0.1) is 24.1 Å². The number of nitrogens with zero attached hydrogens (tertiary/aromatic N) is 2. The first-order valence-corrected chi connectivity index (χ1v) is 11.9. The van der Waals surface area contributed by atoms with E-state index >= 15 is 0 Å². The van der Waals surface area contributed by atoms with Crippen molar-refractivity contribution in [2.75, 3.05) is 25.1 Å². The molecule has 2 aliphatic rings. The van der Waals surface area contributed by atoms with E-state index in [0.717, 1.165) is 17.7 Å². The minimum atomic E-state index is -3.57. The van der Waals surface area contributed by atoms with Gasteiger partial charge in [-0.2, -0.15) is 4.31 Å². The average molecular weight is 473 g/mol. The third-order valence-electron chi connectivity index (χ3n) is 5.66. The van der Waals surface area contributed by atoms with E-state index in [4.69, 9.17) is 4.74 Å². The van der Waals surface area contributed by atoms with Gasteiger partial charge in [-0.05, 0) is 61.4 Å². The fourth-order valence-corrected chi connectivity index (χ4v) is 5.34. The zero-order valence-corrected chi connectivity index (χ0v) is 18.8. The fourth-order valence-electron chi connectivity index (χ4n) is 3.83. The van der Waals surface area contributed by atoms with Crippen LogP contribution < -0.4 is 20.5 Å². The van der Waals surface area contributed by atoms with Gasteiger partial charge in [0.15, 0.2) is 0 Å². The van der Waals surface area contributed by atoms with Crippen molar-refractivity contribution in [2.24, 2.45) is 0 Å². The van der Waals surface area contributed by atoms with Crippen molar-refractivity contribution in [3.05, 3.63) is 54.1 Å². The third kappa shape index (κ3) is 4.61. The molecule has 11 heteroatoms. The maximum Gasteiger partial charge on any atom is 0.265 e. The summed E-state index contributed by atoms with van der Waals surface area (Å²) in [5.41, 5.74) is 5.66. The molecular formula is C22H24N4O6S. The monoisotopic (exact) mass is 472 g/mol. The van der Waals surface area contributed by atoms with Crippen molar-refractivity contribution in [3.8, 4) is 5.75 Å². The summed E-state index contributed by atoms with van der Waals surface area (Å²) in [5, 5.41) is 0. The number of hydrazine groups is 1. The first-order valence-electron chi connectivity index (χ1n) is 10.5. The summed E-state index contributed by atoms with van der Waals surface area (Å²) < 4.78 is 31.7. The molecule has 2 saturated heterocycles. The molecule has 0 bridgehead atoms. The molecule has 174 valence electrons. The highest BCUT2D eigenvalue weighted by Gasteiger charge is 2.39. The second-order valence-corrected chi connectivity index (χ2v) is 9.69. The highest BCUT2D eigenvalue weighted by Crippen LogP contribution is 2.25. The normalized spacial score (nSPS) is 19.2. The van der Waals surface area contributed by atoms with Gasteiger partial charge in [-0.25, -0.2) is 18.7 Å². The Morgan fingerprint density at radius 1 is 1.00 bits per heavy atom. The Morgan fingerprint density at radius 2 is 1.64 bits per heavy atom. The van der Waals surface area contributed by atoms with Gasteiger partial charge in [0.25, 0.3) is 11.8 Å². The fraction of sp³-hybridized carbons (Fsp3) is 0.318. The van der Waals surface area contributed by atoms with Crippen LogP contribution in [0.2, 0.25) is 0 Å². The summed E-state index contributed by atoms with van der Waals surface area (Å²) >= 11 is 0. The van der Waals surface area contributed by atoms with Crippen LogP contribution in [0.1, 0.15) is 29.6 Å². The highest BCUT2D eigenvalue weighted by molar-refractivity contribution is 7.89. The lowest BCUT2D eigenvalue weighted by atomic mass is 10.2. The molecule has 0 aliphatic carbocycles. The molecule has 2 N–H and O–H groups in total. The molecule has 0 spiro atoms. The maximum atomic E-state index is 12.7. The first-order chi connectivity index (χ1) is 15.8. The van der Waals surface area contributed by atoms with E-state index in [1.807, 2.05) is 0 Å². The van der Waals surface area contributed by atoms with Gasteiger partial charge in [0.1, 0.15) is 11.8 Å². The molecule has 10 nitrogen and oxygen atoms in total. The van der Waals surface area contributed by atoms with Gasteiger partial charge in [0.2, 0.25) is 15.9 Å². The molecule has 2 heterocycles. The lowest BCUT2D eigenvalue weighted by Gasteiger charge is -2.17. The minimum absolute atomic E-state index is 0.113. The van der Waals surface area contributed by atoms with Crippen LogP contribution in [0, 0.1) is 0 Å². The third-order valence-corrected chi connectivity index (χ3v) is 7.57. The molecule has 3 amide bonds. The number of nitrogens with one attached hydrogen (secondary N) is 2. The summed E-state index contributed by atoms with van der Waals surface area (Å²) in [6, 6.07) is 11.2. The maximum absolute atomic E-state index is 12.7. The largest absolute Gasteiger partial charge is 0.497 e. The molecule has 2 aromatic rings. The lowest BCUT2D eigenvalue weighted by Crippen LogP contribution is -2.48. The SMILES string of the molecule is COc1ccc(N2C(=O)C[C@H](NNC(=O)c3ccc(S(=O)(=O)N4CCCC4)cc3)C2=O)cc1. The Hall–Kier alpha value is -3.28. The topological polar surface area (TPSA) is 125 Å². The Morgan fingerprint density at radius 3 is 2.24 bits per heavy atom. The van der Waals surface area contributed by atoms with Gasteiger partial charge in [-0.1, -0.05) is 0 Å². The number of sulfonamides is 1. The Labute approximate surface area is 191 Å². The van der Waals surface area contributed by atoms with Gasteiger partial charge in [-0.15, -0.1) is 0 Å². The number of benzene rings is 2. The number of carbonyl (C=O) groups is 3. The van der Waals surface area contributed by atoms with Crippen molar-refractivity contribution in [1.29, 1.82) is 0 Å². The molecule has 2 fully saturated rings. The van der Waals surface area contributed by atoms with Gasteiger partial charge < -0.3 is 4.74 Å². The Kier molecular flexibility index (Phi) is 6.45. The summed E-state index contributed by atoms with van der Waals surface area (Å²) in [5.74, 6) is -0.840. The Balaban J connectivity index is 1.37. The number of imide groups is 1. The second-order valence-electron chi connectivity index (χ2n) is 7.76. The van der Waals surface area contributed by atoms with Crippen LogP contribution in [0.4, 0.5) is 5.69 Å². The van der Waals surface area contributed by atoms with E-state index in [2.05, 4.69) is 10.9 Å². The lowest BCUT2D eigenvalue weighted by molar-refractivity contribution is -0.121. The van der Waals surface area contributed by atoms with Crippen molar-refractivity contribution < 1.29 is 27.5 Å². The number of hydrogen-bond acceptors (Lipinski definition) is 7. The molecule has 0 saturated carbocycles. The minimum Gasteiger partial charge on any atom is -0.497 e. The number of hydrogen-bond donors (Lipinski definition) is 2. The summed E-state index contributed by atoms with van der Waals surface area (Å²) in [4.78, 5) is 38.7. The van der Waals surface area contributed by atoms with Gasteiger partial charge in [-0.3, -0.25) is 19.8 Å². The molecule has 33 heavy (non-hydrogen) atoms. The number of ether oxygens (including phenoxy) is 1. The number of rotatable bonds is 7. The van der Waals surface area contributed by atoms with E-state index in [9.17, 15) is 22.8 Å². The molecule has 0 unspecified atom stereocenters. The number of anilines is 1. The van der Waals surface area contributed by atoms with E-state index in [1.54, 1.807) is 24.3 Å². The van der Waals surface area contributed by atoms with Crippen molar-refractivity contribution in [2.45, 2.75) is 30.2 Å².